The Bertz CT molecular complexity index is 591. The van der Waals surface area contributed by atoms with Crippen molar-refractivity contribution in [1.29, 1.82) is 5.26 Å². The third kappa shape index (κ3) is 4.26. The standard InChI is InChI=1S/C14H14ClN3OS/c1-10(3-2-8-16)14-17-13(18-19-14)9-20-12-6-4-11(15)5-7-12/h4-7,10H,2-3,9H2,1H3. The van der Waals surface area contributed by atoms with Crippen molar-refractivity contribution in [2.45, 2.75) is 36.3 Å². The van der Waals surface area contributed by atoms with Gasteiger partial charge in [-0.05, 0) is 30.7 Å². The zero-order chi connectivity index (χ0) is 14.4. The summed E-state index contributed by atoms with van der Waals surface area (Å²) in [5, 5.41) is 13.3. The van der Waals surface area contributed by atoms with Crippen molar-refractivity contribution >= 4 is 23.4 Å². The molecule has 2 rings (SSSR count). The van der Waals surface area contributed by atoms with Crippen molar-refractivity contribution in [3.8, 4) is 6.07 Å². The molecule has 1 aromatic carbocycles. The van der Waals surface area contributed by atoms with Gasteiger partial charge < -0.3 is 4.52 Å². The topological polar surface area (TPSA) is 62.7 Å². The molecule has 1 aromatic heterocycles. The van der Waals surface area contributed by atoms with Crippen LogP contribution < -0.4 is 0 Å². The molecule has 0 saturated heterocycles. The van der Waals surface area contributed by atoms with E-state index in [1.54, 1.807) is 11.8 Å². The number of hydrogen-bond acceptors (Lipinski definition) is 5. The van der Waals surface area contributed by atoms with Crippen LogP contribution in [0.4, 0.5) is 0 Å². The first kappa shape index (κ1) is 14.9. The Morgan fingerprint density at radius 2 is 2.15 bits per heavy atom. The van der Waals surface area contributed by atoms with Crippen LogP contribution in [0, 0.1) is 11.3 Å². The zero-order valence-corrected chi connectivity index (χ0v) is 12.6. The van der Waals surface area contributed by atoms with Crippen LogP contribution in [0.1, 0.15) is 37.4 Å². The van der Waals surface area contributed by atoms with Crippen molar-refractivity contribution in [1.82, 2.24) is 10.1 Å². The first-order chi connectivity index (χ1) is 9.69. The first-order valence-corrected chi connectivity index (χ1v) is 7.63. The van der Waals surface area contributed by atoms with Crippen molar-refractivity contribution in [3.05, 3.63) is 41.0 Å². The van der Waals surface area contributed by atoms with E-state index in [-0.39, 0.29) is 5.92 Å². The number of nitrogens with zero attached hydrogens (tertiary/aromatic N) is 3. The third-order valence-electron chi connectivity index (χ3n) is 2.78. The van der Waals surface area contributed by atoms with Crippen LogP contribution in [0.2, 0.25) is 5.02 Å². The summed E-state index contributed by atoms with van der Waals surface area (Å²) in [5.74, 6) is 2.04. The summed E-state index contributed by atoms with van der Waals surface area (Å²) in [4.78, 5) is 5.47. The Morgan fingerprint density at radius 3 is 2.85 bits per heavy atom. The molecule has 1 heterocycles. The second-order valence-corrected chi connectivity index (χ2v) is 5.87. The lowest BCUT2D eigenvalue weighted by Crippen LogP contribution is -1.94. The fourth-order valence-corrected chi connectivity index (χ4v) is 2.48. The van der Waals surface area contributed by atoms with Crippen LogP contribution in [0.3, 0.4) is 0 Å². The van der Waals surface area contributed by atoms with Crippen LogP contribution in [-0.2, 0) is 5.75 Å². The maximum absolute atomic E-state index is 8.57. The van der Waals surface area contributed by atoms with E-state index in [0.29, 0.717) is 23.9 Å². The van der Waals surface area contributed by atoms with E-state index in [2.05, 4.69) is 16.2 Å². The van der Waals surface area contributed by atoms with Gasteiger partial charge in [0.1, 0.15) is 0 Å². The van der Waals surface area contributed by atoms with Gasteiger partial charge in [-0.3, -0.25) is 0 Å². The van der Waals surface area contributed by atoms with Gasteiger partial charge in [0.2, 0.25) is 5.89 Å². The van der Waals surface area contributed by atoms with Gasteiger partial charge in [0.05, 0.1) is 11.8 Å². The van der Waals surface area contributed by atoms with Gasteiger partial charge in [0, 0.05) is 22.3 Å². The van der Waals surface area contributed by atoms with Crippen LogP contribution in [-0.4, -0.2) is 10.1 Å². The first-order valence-electron chi connectivity index (χ1n) is 6.27. The lowest BCUT2D eigenvalue weighted by molar-refractivity contribution is 0.351. The van der Waals surface area contributed by atoms with Crippen molar-refractivity contribution < 1.29 is 4.52 Å². The molecule has 0 aliphatic carbocycles. The number of thioether (sulfide) groups is 1. The SMILES string of the molecule is CC(CCC#N)c1nc(CSc2ccc(Cl)cc2)no1. The smallest absolute Gasteiger partial charge is 0.229 e. The lowest BCUT2D eigenvalue weighted by atomic mass is 10.1. The molecule has 2 aromatic rings. The van der Waals surface area contributed by atoms with E-state index in [9.17, 15) is 0 Å². The molecule has 4 nitrogen and oxygen atoms in total. The molecule has 1 unspecified atom stereocenters. The minimum Gasteiger partial charge on any atom is -0.339 e. The van der Waals surface area contributed by atoms with E-state index in [4.69, 9.17) is 21.4 Å². The van der Waals surface area contributed by atoms with Crippen molar-refractivity contribution in [3.63, 3.8) is 0 Å². The predicted octanol–water partition coefficient (Wildman–Crippen LogP) is 4.42. The normalized spacial score (nSPS) is 12.1. The van der Waals surface area contributed by atoms with E-state index in [0.717, 1.165) is 16.3 Å². The zero-order valence-electron chi connectivity index (χ0n) is 11.0. The van der Waals surface area contributed by atoms with Gasteiger partial charge in [-0.25, -0.2) is 0 Å². The Balaban J connectivity index is 1.89. The summed E-state index contributed by atoms with van der Waals surface area (Å²) < 4.78 is 5.23. The van der Waals surface area contributed by atoms with Crippen molar-refractivity contribution in [2.75, 3.05) is 0 Å². The average molecular weight is 308 g/mol. The second kappa shape index (κ2) is 7.32. The number of hydrogen-bond donors (Lipinski definition) is 0. The second-order valence-electron chi connectivity index (χ2n) is 4.39. The van der Waals surface area contributed by atoms with Crippen LogP contribution >= 0.6 is 23.4 Å². The summed E-state index contributed by atoms with van der Waals surface area (Å²) in [7, 11) is 0. The van der Waals surface area contributed by atoms with Crippen LogP contribution in [0.5, 0.6) is 0 Å². The van der Waals surface area contributed by atoms with Gasteiger partial charge >= 0.3 is 0 Å². The van der Waals surface area contributed by atoms with E-state index < -0.39 is 0 Å². The minimum atomic E-state index is 0.122. The predicted molar refractivity (Wildman–Crippen MR) is 78.6 cm³/mol. The summed E-state index contributed by atoms with van der Waals surface area (Å²) in [5.41, 5.74) is 0. The monoisotopic (exact) mass is 307 g/mol. The molecule has 104 valence electrons. The number of benzene rings is 1. The molecule has 6 heteroatoms. The van der Waals surface area contributed by atoms with Gasteiger partial charge in [-0.2, -0.15) is 10.2 Å². The lowest BCUT2D eigenvalue weighted by Gasteiger charge is -2.01. The molecule has 0 saturated carbocycles. The largest absolute Gasteiger partial charge is 0.339 e. The van der Waals surface area contributed by atoms with E-state index >= 15 is 0 Å². The highest BCUT2D eigenvalue weighted by molar-refractivity contribution is 7.98. The molecular formula is C14H14ClN3OS. The highest BCUT2D eigenvalue weighted by Gasteiger charge is 2.14. The minimum absolute atomic E-state index is 0.122. The van der Waals surface area contributed by atoms with Crippen LogP contribution in [0.25, 0.3) is 0 Å². The van der Waals surface area contributed by atoms with Crippen LogP contribution in [0.15, 0.2) is 33.7 Å². The van der Waals surface area contributed by atoms with Gasteiger partial charge in [-0.15, -0.1) is 11.8 Å². The van der Waals surface area contributed by atoms with E-state index in [1.165, 1.54) is 0 Å². The molecular weight excluding hydrogens is 294 g/mol. The summed E-state index contributed by atoms with van der Waals surface area (Å²) in [6.07, 6.45) is 1.24. The molecule has 0 aliphatic rings. The van der Waals surface area contributed by atoms with E-state index in [1.807, 2.05) is 31.2 Å². The molecule has 0 amide bonds. The maximum Gasteiger partial charge on any atom is 0.229 e. The maximum atomic E-state index is 8.57. The number of aromatic nitrogens is 2. The molecule has 0 aliphatic heterocycles. The molecule has 1 atom stereocenters. The number of halogens is 1. The number of rotatable bonds is 6. The fraction of sp³-hybridized carbons (Fsp3) is 0.357. The van der Waals surface area contributed by atoms with Crippen molar-refractivity contribution in [2.24, 2.45) is 0 Å². The summed E-state index contributed by atoms with van der Waals surface area (Å²) in [6.45, 7) is 1.99. The Labute approximate surface area is 127 Å². The highest BCUT2D eigenvalue weighted by Crippen LogP contribution is 2.24. The quantitative estimate of drug-likeness (QED) is 0.739. The Kier molecular flexibility index (Phi) is 5.45. The molecule has 0 N–H and O–H groups in total. The molecule has 0 bridgehead atoms. The average Bonchev–Trinajstić information content (AvgIpc) is 2.93. The third-order valence-corrected chi connectivity index (χ3v) is 4.04. The fourth-order valence-electron chi connectivity index (χ4n) is 1.61. The van der Waals surface area contributed by atoms with Gasteiger partial charge in [-0.1, -0.05) is 23.7 Å². The molecule has 20 heavy (non-hydrogen) atoms. The summed E-state index contributed by atoms with van der Waals surface area (Å²) in [6, 6.07) is 9.76. The number of nitriles is 1. The van der Waals surface area contributed by atoms with Gasteiger partial charge in [0.15, 0.2) is 5.82 Å². The molecule has 0 radical (unpaired) electrons. The van der Waals surface area contributed by atoms with Gasteiger partial charge in [0.25, 0.3) is 0 Å². The highest BCUT2D eigenvalue weighted by atomic mass is 35.5. The molecule has 0 spiro atoms. The molecule has 0 fully saturated rings. The Morgan fingerprint density at radius 1 is 1.40 bits per heavy atom. The Hall–Kier alpha value is -1.51. The summed E-state index contributed by atoms with van der Waals surface area (Å²) >= 11 is 7.47.